The molecule has 2 aromatic rings. The maximum Gasteiger partial charge on any atom is 1.00 e. The third-order valence-electron chi connectivity index (χ3n) is 4.63. The van der Waals surface area contributed by atoms with Gasteiger partial charge in [-0.3, -0.25) is 4.68 Å². The Morgan fingerprint density at radius 3 is 1.72 bits per heavy atom. The fourth-order valence-corrected chi connectivity index (χ4v) is 2.17. The molecule has 0 saturated carbocycles. The number of aromatic nitrogens is 4. The van der Waals surface area contributed by atoms with E-state index >= 15 is 0 Å². The summed E-state index contributed by atoms with van der Waals surface area (Å²) in [5, 5.41) is 8.47. The van der Waals surface area contributed by atoms with Gasteiger partial charge >= 0.3 is 29.6 Å². The summed E-state index contributed by atoms with van der Waals surface area (Å²) in [6.07, 6.45) is 5.14. The van der Waals surface area contributed by atoms with Crippen molar-refractivity contribution >= 4 is 31.0 Å². The van der Waals surface area contributed by atoms with Crippen LogP contribution in [0.1, 0.15) is 33.6 Å². The normalized spacial score (nSPS) is 14.6. The number of hydrogen-bond acceptors (Lipinski definition) is 3. The van der Waals surface area contributed by atoms with E-state index in [4.69, 9.17) is 0 Å². The minimum atomic E-state index is 0. The molecule has 29 heavy (non-hydrogen) atoms. The zero-order chi connectivity index (χ0) is 19.6. The molecule has 0 aliphatic carbocycles. The third kappa shape index (κ3) is 15.3. The molecule has 1 atom stereocenters. The minimum absolute atomic E-state index is 0. The average molecular weight is 641 g/mol. The average Bonchev–Trinajstić information content (AvgIpc) is 3.23. The van der Waals surface area contributed by atoms with Crippen LogP contribution in [0.3, 0.4) is 0 Å². The molecule has 165 valence electrons. The first-order chi connectivity index (χ1) is 11.7. The number of rotatable bonds is 0. The van der Waals surface area contributed by atoms with Gasteiger partial charge in [0.25, 0.3) is 0 Å². The maximum absolute atomic E-state index is 3.93. The van der Waals surface area contributed by atoms with Crippen molar-refractivity contribution in [2.45, 2.75) is 40.7 Å². The van der Waals surface area contributed by atoms with Crippen LogP contribution in [0.5, 0.6) is 0 Å². The summed E-state index contributed by atoms with van der Waals surface area (Å²) in [5.74, 6) is 0. The largest absolute Gasteiger partial charge is 1.00 e. The first-order valence-corrected chi connectivity index (χ1v) is 10.6. The Morgan fingerprint density at radius 1 is 1.10 bits per heavy atom. The van der Waals surface area contributed by atoms with Crippen LogP contribution < -0.4 is 58.2 Å². The van der Waals surface area contributed by atoms with Crippen LogP contribution in [0.15, 0.2) is 24.5 Å². The van der Waals surface area contributed by atoms with Gasteiger partial charge in [-0.25, -0.2) is 10.0 Å². The summed E-state index contributed by atoms with van der Waals surface area (Å²) in [4.78, 5) is 1.97. The second kappa shape index (κ2) is 22.1. The Balaban J connectivity index is -0.0000000640. The van der Waals surface area contributed by atoms with Gasteiger partial charge in [-0.15, -0.1) is 4.68 Å². The summed E-state index contributed by atoms with van der Waals surface area (Å²) in [5.41, 5.74) is 2.48. The third-order valence-corrected chi connectivity index (χ3v) is 4.63. The molecule has 0 amide bonds. The second-order valence-electron chi connectivity index (χ2n) is 6.24. The molecule has 3 heterocycles. The molecule has 10 heteroatoms. The number of aryl methyl sites for hydroxylation is 4. The molecule has 1 unspecified atom stereocenters. The van der Waals surface area contributed by atoms with Crippen molar-refractivity contribution in [1.82, 2.24) is 24.5 Å². The van der Waals surface area contributed by atoms with Gasteiger partial charge in [0, 0.05) is 60.1 Å². The van der Waals surface area contributed by atoms with Crippen molar-refractivity contribution in [3.8, 4) is 0 Å². The van der Waals surface area contributed by atoms with Crippen molar-refractivity contribution < 1.29 is 59.6 Å². The molecule has 0 aromatic carbocycles. The van der Waals surface area contributed by atoms with Crippen molar-refractivity contribution in [2.75, 3.05) is 25.6 Å². The minimum Gasteiger partial charge on any atom is -1.00 e. The zero-order valence-electron chi connectivity index (χ0n) is 20.3. The fourth-order valence-electron chi connectivity index (χ4n) is 2.17. The van der Waals surface area contributed by atoms with E-state index in [0.717, 1.165) is 6.04 Å². The van der Waals surface area contributed by atoms with E-state index in [-0.39, 0.29) is 70.8 Å². The van der Waals surface area contributed by atoms with Crippen LogP contribution in [-0.4, -0.2) is 64.5 Å². The van der Waals surface area contributed by atoms with E-state index in [1.54, 1.807) is 6.20 Å². The van der Waals surface area contributed by atoms with Gasteiger partial charge in [-0.2, -0.15) is 9.78 Å². The Morgan fingerprint density at radius 2 is 1.62 bits per heavy atom. The first-order valence-electron chi connectivity index (χ1n) is 8.48. The van der Waals surface area contributed by atoms with Crippen molar-refractivity contribution in [1.29, 1.82) is 0 Å². The van der Waals surface area contributed by atoms with E-state index in [1.807, 2.05) is 54.6 Å². The molecule has 1 saturated heterocycles. The Labute approximate surface area is 236 Å². The summed E-state index contributed by atoms with van der Waals surface area (Å²) in [7, 11) is 10.2. The van der Waals surface area contributed by atoms with Crippen molar-refractivity contribution in [3.63, 3.8) is 0 Å². The molecule has 0 spiro atoms. The van der Waals surface area contributed by atoms with Crippen LogP contribution >= 0.6 is 22.6 Å². The topological polar surface area (TPSA) is 33.1 Å². The number of halogens is 2. The summed E-state index contributed by atoms with van der Waals surface area (Å²) in [6.45, 7) is 7.58. The molecular formula is C19H41BI2N6Na. The van der Waals surface area contributed by atoms with E-state index in [9.17, 15) is 0 Å². The SMILES string of the molecule is C.CC1CCN(C)N1C.CI.Cc1cc[n+](C)n1C.Cc1ccnn1C.[B].[H-].[I-].[Na+]. The van der Waals surface area contributed by atoms with E-state index in [1.165, 1.54) is 24.4 Å². The van der Waals surface area contributed by atoms with E-state index in [2.05, 4.69) is 76.4 Å². The molecule has 3 radical (unpaired) electrons. The predicted molar refractivity (Wildman–Crippen MR) is 127 cm³/mol. The maximum atomic E-state index is 3.93. The van der Waals surface area contributed by atoms with Gasteiger partial charge in [0.2, 0.25) is 0 Å². The van der Waals surface area contributed by atoms with Crippen LogP contribution in [0.2, 0.25) is 0 Å². The number of alkyl halides is 1. The van der Waals surface area contributed by atoms with Gasteiger partial charge in [0.1, 0.15) is 0 Å². The summed E-state index contributed by atoms with van der Waals surface area (Å²) in [6, 6.07) is 4.81. The quantitative estimate of drug-likeness (QED) is 0.132. The van der Waals surface area contributed by atoms with Crippen LogP contribution in [0.4, 0.5) is 0 Å². The Kier molecular flexibility index (Phi) is 30.6. The number of nitrogens with zero attached hydrogens (tertiary/aromatic N) is 6. The smallest absolute Gasteiger partial charge is 1.00 e. The Hall–Kier alpha value is 0.865. The van der Waals surface area contributed by atoms with Crippen LogP contribution in [0, 0.1) is 13.8 Å². The standard InChI is InChI=1S/C6H14N2.C6H11N2.C5H8N2.CH3I.CH4.B.HI.Na.H/c2*1-6-4-5-7(2)8(6)3;1-5-3-4-6-7(5)2;1-2;;;;;/h6H,4-5H2,1-3H3;4-5H,1-3H3;3-4H,1-2H3;1H3;1H4;;1H;;/q;+1;;;;;;+1;-1/p-1. The molecular weight excluding hydrogens is 600 g/mol. The van der Waals surface area contributed by atoms with E-state index < -0.39 is 0 Å². The molecule has 3 rings (SSSR count). The van der Waals surface area contributed by atoms with Crippen molar-refractivity contribution in [3.05, 3.63) is 35.9 Å². The predicted octanol–water partition coefficient (Wildman–Crippen LogP) is -3.13. The Bertz CT molecular complexity index is 570. The molecule has 6 nitrogen and oxygen atoms in total. The molecule has 1 fully saturated rings. The molecule has 2 aromatic heterocycles. The monoisotopic (exact) mass is 641 g/mol. The first kappa shape index (κ1) is 40.2. The molecule has 1 aliphatic heterocycles. The fraction of sp³-hybridized carbons (Fsp3) is 0.684. The van der Waals surface area contributed by atoms with Crippen molar-refractivity contribution in [2.24, 2.45) is 21.1 Å². The zero-order valence-corrected chi connectivity index (χ0v) is 25.6. The van der Waals surface area contributed by atoms with Gasteiger partial charge in [0.05, 0.1) is 12.7 Å². The molecule has 0 N–H and O–H groups in total. The van der Waals surface area contributed by atoms with E-state index in [0.29, 0.717) is 0 Å². The number of hydrogen-bond donors (Lipinski definition) is 0. The summed E-state index contributed by atoms with van der Waals surface area (Å²) < 4.78 is 5.95. The van der Waals surface area contributed by atoms with Gasteiger partial charge in [-0.05, 0) is 38.2 Å². The number of hydrazine groups is 1. The summed E-state index contributed by atoms with van der Waals surface area (Å²) >= 11 is 2.15. The second-order valence-corrected chi connectivity index (χ2v) is 6.24. The van der Waals surface area contributed by atoms with Crippen LogP contribution in [-0.2, 0) is 21.1 Å². The van der Waals surface area contributed by atoms with Crippen LogP contribution in [0.25, 0.3) is 0 Å². The molecule has 0 bridgehead atoms. The van der Waals surface area contributed by atoms with Gasteiger partial charge < -0.3 is 25.4 Å². The van der Waals surface area contributed by atoms with Gasteiger partial charge in [-0.1, -0.05) is 30.0 Å². The van der Waals surface area contributed by atoms with Gasteiger partial charge in [0.15, 0.2) is 13.2 Å². The molecule has 1 aliphatic rings.